The number of benzene rings is 4. The zero-order chi connectivity index (χ0) is 23.3. The highest BCUT2D eigenvalue weighted by Crippen LogP contribution is 2.45. The van der Waals surface area contributed by atoms with E-state index in [0.717, 1.165) is 33.5 Å². The number of thioether (sulfide) groups is 1. The molecule has 1 aliphatic heterocycles. The Balaban J connectivity index is 1.51. The summed E-state index contributed by atoms with van der Waals surface area (Å²) in [6.45, 7) is 0. The number of ether oxygens (including phenoxy) is 1. The minimum Gasteiger partial charge on any atom is -0.475 e. The maximum atomic E-state index is 14.2. The van der Waals surface area contributed by atoms with Gasteiger partial charge in [-0.15, -0.1) is 11.8 Å². The summed E-state index contributed by atoms with van der Waals surface area (Å²) in [5.74, 6) is -2.16. The van der Waals surface area contributed by atoms with Crippen molar-refractivity contribution >= 4 is 32.4 Å². The molecule has 5 rings (SSSR count). The number of hydrogen-bond acceptors (Lipinski definition) is 4. The van der Waals surface area contributed by atoms with Crippen LogP contribution in [-0.4, -0.2) is 14.7 Å². The van der Waals surface area contributed by atoms with E-state index in [2.05, 4.69) is 0 Å². The standard InChI is InChI=1S/C25H17F3O3S2/c1-33(29,30)17-7-4-14(5-8-17)16-3-2-15-6-9-24-20(18(15)10-16)13-32-25(31-24)19-11-22(27)23(28)12-21(19)26/h2-12,25H,13H2,1H3. The number of hydrogen-bond donors (Lipinski definition) is 0. The van der Waals surface area contributed by atoms with Crippen LogP contribution in [-0.2, 0) is 15.6 Å². The van der Waals surface area contributed by atoms with E-state index in [1.165, 1.54) is 18.0 Å². The fourth-order valence-corrected chi connectivity index (χ4v) is 5.65. The summed E-state index contributed by atoms with van der Waals surface area (Å²) in [5, 5.41) is 1.95. The van der Waals surface area contributed by atoms with E-state index in [9.17, 15) is 21.6 Å². The van der Waals surface area contributed by atoms with E-state index in [0.29, 0.717) is 17.6 Å². The fourth-order valence-electron chi connectivity index (χ4n) is 3.88. The maximum Gasteiger partial charge on any atom is 0.175 e. The van der Waals surface area contributed by atoms with Crippen LogP contribution < -0.4 is 4.74 Å². The molecular weight excluding hydrogens is 469 g/mol. The van der Waals surface area contributed by atoms with Crippen LogP contribution in [0.5, 0.6) is 5.75 Å². The van der Waals surface area contributed by atoms with E-state index in [1.807, 2.05) is 24.3 Å². The predicted octanol–water partition coefficient (Wildman–Crippen LogP) is 6.65. The molecular formula is C25H17F3O3S2. The van der Waals surface area contributed by atoms with E-state index in [4.69, 9.17) is 4.74 Å². The van der Waals surface area contributed by atoms with Crippen molar-refractivity contribution in [3.8, 4) is 16.9 Å². The van der Waals surface area contributed by atoms with Crippen molar-refractivity contribution < 1.29 is 26.3 Å². The summed E-state index contributed by atoms with van der Waals surface area (Å²) in [7, 11) is -3.28. The van der Waals surface area contributed by atoms with Crippen LogP contribution >= 0.6 is 11.8 Å². The third-order valence-electron chi connectivity index (χ3n) is 5.61. The normalized spacial score (nSPS) is 15.8. The van der Waals surface area contributed by atoms with Gasteiger partial charge in [-0.3, -0.25) is 0 Å². The van der Waals surface area contributed by atoms with Gasteiger partial charge in [-0.25, -0.2) is 21.6 Å². The van der Waals surface area contributed by atoms with Crippen molar-refractivity contribution in [1.82, 2.24) is 0 Å². The molecule has 0 spiro atoms. The lowest BCUT2D eigenvalue weighted by atomic mass is 9.98. The van der Waals surface area contributed by atoms with E-state index >= 15 is 0 Å². The second-order valence-corrected chi connectivity index (χ2v) is 10.9. The molecule has 0 saturated heterocycles. The van der Waals surface area contributed by atoms with Gasteiger partial charge in [0, 0.05) is 29.2 Å². The van der Waals surface area contributed by atoms with Crippen molar-refractivity contribution in [1.29, 1.82) is 0 Å². The SMILES string of the molecule is CS(=O)(=O)c1ccc(-c2ccc3ccc4c(c3c2)CSC(c2cc(F)c(F)cc2F)O4)cc1. The first-order valence-electron chi connectivity index (χ1n) is 9.99. The van der Waals surface area contributed by atoms with Gasteiger partial charge in [0.05, 0.1) is 4.90 Å². The summed E-state index contributed by atoms with van der Waals surface area (Å²) in [4.78, 5) is 0.254. The third-order valence-corrected chi connectivity index (χ3v) is 7.85. The molecule has 1 atom stereocenters. The Kier molecular flexibility index (Phi) is 5.37. The molecule has 0 fully saturated rings. The number of sulfone groups is 1. The van der Waals surface area contributed by atoms with Crippen LogP contribution in [0, 0.1) is 17.5 Å². The predicted molar refractivity (Wildman–Crippen MR) is 123 cm³/mol. The third kappa shape index (κ3) is 4.09. The highest BCUT2D eigenvalue weighted by Gasteiger charge is 2.27. The van der Waals surface area contributed by atoms with Gasteiger partial charge >= 0.3 is 0 Å². The first-order valence-corrected chi connectivity index (χ1v) is 12.9. The van der Waals surface area contributed by atoms with Crippen molar-refractivity contribution in [3.63, 3.8) is 0 Å². The van der Waals surface area contributed by atoms with E-state index in [1.54, 1.807) is 30.3 Å². The van der Waals surface area contributed by atoms with Crippen LogP contribution in [0.25, 0.3) is 21.9 Å². The highest BCUT2D eigenvalue weighted by atomic mass is 32.2. The average Bonchev–Trinajstić information content (AvgIpc) is 2.80. The minimum absolute atomic E-state index is 0.0376. The fraction of sp³-hybridized carbons (Fsp3) is 0.120. The summed E-state index contributed by atoms with van der Waals surface area (Å²) >= 11 is 1.29. The Morgan fingerprint density at radius 1 is 0.848 bits per heavy atom. The summed E-state index contributed by atoms with van der Waals surface area (Å²) < 4.78 is 70.6. The molecule has 0 bridgehead atoms. The molecule has 1 heterocycles. The van der Waals surface area contributed by atoms with Gasteiger partial charge in [0.25, 0.3) is 0 Å². The topological polar surface area (TPSA) is 43.4 Å². The van der Waals surface area contributed by atoms with E-state index < -0.39 is 32.7 Å². The molecule has 4 aromatic rings. The molecule has 4 aromatic carbocycles. The quantitative estimate of drug-likeness (QED) is 0.304. The molecule has 0 aliphatic carbocycles. The van der Waals surface area contributed by atoms with Crippen molar-refractivity contribution in [3.05, 3.63) is 95.3 Å². The van der Waals surface area contributed by atoms with Crippen LogP contribution in [0.4, 0.5) is 13.2 Å². The zero-order valence-electron chi connectivity index (χ0n) is 17.3. The van der Waals surface area contributed by atoms with Crippen molar-refractivity contribution in [2.75, 3.05) is 6.26 Å². The Bertz CT molecular complexity index is 1500. The second kappa shape index (κ2) is 8.11. The smallest absolute Gasteiger partial charge is 0.175 e. The van der Waals surface area contributed by atoms with Gasteiger partial charge in [0.2, 0.25) is 0 Å². The lowest BCUT2D eigenvalue weighted by molar-refractivity contribution is 0.280. The average molecular weight is 487 g/mol. The molecule has 3 nitrogen and oxygen atoms in total. The van der Waals surface area contributed by atoms with Crippen LogP contribution in [0.15, 0.2) is 71.6 Å². The lowest BCUT2D eigenvalue weighted by Crippen LogP contribution is -2.13. The van der Waals surface area contributed by atoms with Gasteiger partial charge < -0.3 is 4.74 Å². The van der Waals surface area contributed by atoms with Crippen LogP contribution in [0.1, 0.15) is 16.6 Å². The number of fused-ring (bicyclic) bond motifs is 3. The Morgan fingerprint density at radius 3 is 2.24 bits per heavy atom. The van der Waals surface area contributed by atoms with Gasteiger partial charge in [0.15, 0.2) is 26.9 Å². The minimum atomic E-state index is -3.28. The van der Waals surface area contributed by atoms with Crippen molar-refractivity contribution in [2.45, 2.75) is 16.1 Å². The molecule has 1 unspecified atom stereocenters. The van der Waals surface area contributed by atoms with Gasteiger partial charge in [0.1, 0.15) is 11.6 Å². The van der Waals surface area contributed by atoms with Gasteiger partial charge in [-0.2, -0.15) is 0 Å². The van der Waals surface area contributed by atoms with E-state index in [-0.39, 0.29) is 10.5 Å². The largest absolute Gasteiger partial charge is 0.475 e. The molecule has 0 aromatic heterocycles. The second-order valence-electron chi connectivity index (χ2n) is 7.82. The monoisotopic (exact) mass is 486 g/mol. The number of rotatable bonds is 3. The lowest BCUT2D eigenvalue weighted by Gasteiger charge is -2.27. The van der Waals surface area contributed by atoms with Crippen molar-refractivity contribution in [2.24, 2.45) is 0 Å². The molecule has 0 saturated carbocycles. The zero-order valence-corrected chi connectivity index (χ0v) is 18.9. The maximum absolute atomic E-state index is 14.2. The number of halogens is 3. The first-order chi connectivity index (χ1) is 15.7. The molecule has 33 heavy (non-hydrogen) atoms. The molecule has 0 amide bonds. The molecule has 0 radical (unpaired) electrons. The van der Waals surface area contributed by atoms with Gasteiger partial charge in [-0.05, 0) is 52.2 Å². The molecule has 8 heteroatoms. The van der Waals surface area contributed by atoms with Gasteiger partial charge in [-0.1, -0.05) is 30.3 Å². The summed E-state index contributed by atoms with van der Waals surface area (Å²) in [6, 6.07) is 17.7. The molecule has 0 N–H and O–H groups in total. The van der Waals surface area contributed by atoms with Crippen LogP contribution in [0.3, 0.4) is 0 Å². The van der Waals surface area contributed by atoms with Crippen LogP contribution in [0.2, 0.25) is 0 Å². The Hall–Kier alpha value is -2.97. The summed E-state index contributed by atoms with van der Waals surface area (Å²) in [5.41, 5.74) is 1.87. The first kappa shape index (κ1) is 21.9. The highest BCUT2D eigenvalue weighted by molar-refractivity contribution is 7.98. The molecule has 1 aliphatic rings. The Labute approximate surface area is 193 Å². The molecule has 168 valence electrons. The Morgan fingerprint density at radius 2 is 1.52 bits per heavy atom. The summed E-state index contributed by atoms with van der Waals surface area (Å²) in [6.07, 6.45) is 1.17.